The molecule has 0 saturated carbocycles. The molecule has 0 aliphatic heterocycles. The highest BCUT2D eigenvalue weighted by molar-refractivity contribution is 5.72. The van der Waals surface area contributed by atoms with E-state index in [1.165, 1.54) is 153 Å². The molecule has 0 amide bonds. The quantitative estimate of drug-likeness (QED) is 0.0912. The molecule has 5 aromatic heterocycles. The Morgan fingerprint density at radius 2 is 0.689 bits per heavy atom. The van der Waals surface area contributed by atoms with Gasteiger partial charge < -0.3 is 0 Å². The van der Waals surface area contributed by atoms with Crippen molar-refractivity contribution in [1.82, 2.24) is 0 Å². The van der Waals surface area contributed by atoms with Crippen LogP contribution in [0.1, 0.15) is 242 Å². The Bertz CT molecular complexity index is 6420. The zero-order chi connectivity index (χ0) is 106. The number of aromatic nitrogens is 5. The van der Waals surface area contributed by atoms with E-state index in [1.807, 2.05) is 0 Å². The van der Waals surface area contributed by atoms with Gasteiger partial charge in [-0.15, -0.1) is 0 Å². The van der Waals surface area contributed by atoms with Gasteiger partial charge in [0.15, 0.2) is 31.0 Å². The van der Waals surface area contributed by atoms with Crippen LogP contribution < -0.4 is 22.8 Å². The number of rotatable bonds is 15. The predicted octanol–water partition coefficient (Wildman–Crippen LogP) is 23.8. The van der Waals surface area contributed by atoms with Crippen LogP contribution in [0.2, 0.25) is 0 Å². The standard InChI is InChI=1S/C21H22N.C21H30N.C20H20N.C20H28N.C19H26N/c1-4-17-10-11-20(16(2)14-17)21-15-19(12-13-22(21)3)18-8-6-5-7-9-18;1-14(2)10-18-8-9-19(16(5)11-18)21-12-20(15(3)4)17(6)13-22(21)7;1-15-9-10-19(16(2)13-15)20-14-18(11-12-21(20)3)17-7-5-4-6-8-17;1-13(2)17-8-9-18(15(5)10-17)20-11-19(14(3)4)16(6)12-21(20)7;1-7-16-8-9-17(14(4)10-16)19-11-18(13(2)3)15(5)12-20(19)6/h5-15H,4H2,1-3H3;8-9,11-15H,10H2,1-7H3;4-14H,1-3H3;8-14H,1-7H3;8-13H,7H2,1-6H3/q5*+1/i;1D3,3D3,6D3,10D2,14D,15D;;1D3,3D3,6D3,13D,14D;1D3,2D3,5D3,13D. The van der Waals surface area contributed by atoms with Crippen molar-refractivity contribution >= 4 is 0 Å². The normalized spacial score (nSPS) is 19.8. The van der Waals surface area contributed by atoms with Gasteiger partial charge in [0.1, 0.15) is 35.2 Å². The summed E-state index contributed by atoms with van der Waals surface area (Å²) in [4.78, 5) is 0. The minimum atomic E-state index is -2.89. The molecule has 5 heteroatoms. The molecule has 12 aromatic rings. The Labute approximate surface area is 688 Å². The lowest BCUT2D eigenvalue weighted by atomic mass is 9.93. The summed E-state index contributed by atoms with van der Waals surface area (Å²) >= 11 is 0. The van der Waals surface area contributed by atoms with Crippen LogP contribution >= 0.6 is 0 Å². The van der Waals surface area contributed by atoms with Gasteiger partial charge >= 0.3 is 0 Å². The van der Waals surface area contributed by atoms with Crippen LogP contribution in [0.25, 0.3) is 78.5 Å². The maximum absolute atomic E-state index is 8.52. The van der Waals surface area contributed by atoms with Gasteiger partial charge in [-0.05, 0) is 230 Å². The fraction of sp³-hybridized carbons (Fsp3) is 0.337. The number of aryl methyl sites for hydroxylation is 16. The van der Waals surface area contributed by atoms with Gasteiger partial charge in [0, 0.05) is 134 Å². The molecule has 5 atom stereocenters. The molecule has 5 nitrogen and oxygen atoms in total. The van der Waals surface area contributed by atoms with E-state index in [1.54, 1.807) is 81.4 Å². The third kappa shape index (κ3) is 21.1. The molecule has 0 aliphatic carbocycles. The van der Waals surface area contributed by atoms with E-state index in [-0.39, 0.29) is 45.4 Å². The molecule has 0 fully saturated rings. The fourth-order valence-electron chi connectivity index (χ4n) is 12.9. The Hall–Kier alpha value is -9.71. The summed E-state index contributed by atoms with van der Waals surface area (Å²) in [5.41, 5.74) is 20.5. The summed E-state index contributed by atoms with van der Waals surface area (Å²) in [5.74, 6) is -10.8. The number of pyridine rings is 5. The number of benzene rings is 7. The fourth-order valence-corrected chi connectivity index (χ4v) is 12.9. The van der Waals surface area contributed by atoms with Gasteiger partial charge in [0.2, 0.25) is 28.5 Å². The molecule has 7 aromatic carbocycles. The maximum Gasteiger partial charge on any atom is 0.213 e. The second-order valence-electron chi connectivity index (χ2n) is 27.3. The smallest absolute Gasteiger partial charge is 0.201 e. The SMILES string of the molecule is CCc1ccc(-c2cc(-c3ccccc3)cc[n+]2C)c(C)c1.Cc1ccc(-c2cc(-c3ccccc3)cc[n+]2C)c(C)c1.[2H]C([2H])([2H])Cc1ccc(-c2cc(C([2H])(C)C([2H])([2H])[2H])c(C([2H])([2H])[2H])c[n+]2C)c(C)c1.[2H]C([2H])([2H])c1c[n+](C)c(-c2ccc(C([2H])(C)C([2H])([2H])[2H])cc2C)cc1C([2H])(C)C([2H])([2H])[2H].[2H]C([2H])([2H])c1c[n+](C)c(-c2ccc(C([2H])([2H])C([2H])(C)C([2H])([2H])[2H])cc2C)cc1C([2H])(C)C([2H])([2H])[2H]. The van der Waals surface area contributed by atoms with Crippen molar-refractivity contribution < 1.29 is 69.4 Å². The van der Waals surface area contributed by atoms with Crippen molar-refractivity contribution in [2.75, 3.05) is 0 Å². The van der Waals surface area contributed by atoms with Gasteiger partial charge in [-0.25, -0.2) is 22.8 Å². The molecule has 0 spiro atoms. The van der Waals surface area contributed by atoms with Crippen molar-refractivity contribution in [3.63, 3.8) is 0 Å². The van der Waals surface area contributed by atoms with Crippen LogP contribution in [-0.2, 0) is 54.5 Å². The van der Waals surface area contributed by atoms with Gasteiger partial charge in [-0.3, -0.25) is 0 Å². The molecule has 106 heavy (non-hydrogen) atoms. The van der Waals surface area contributed by atoms with Crippen molar-refractivity contribution in [3.05, 3.63) is 314 Å². The lowest BCUT2D eigenvalue weighted by Crippen LogP contribution is -2.32. The Balaban J connectivity index is 0.000000217. The first kappa shape index (κ1) is 46.4. The molecule has 0 N–H and O–H groups in total. The minimum absolute atomic E-state index is 0.0119. The highest BCUT2D eigenvalue weighted by Crippen LogP contribution is 2.33. The average Bonchev–Trinajstić information content (AvgIpc) is 0.745. The third-order valence-corrected chi connectivity index (χ3v) is 18.7. The molecule has 0 aliphatic rings. The van der Waals surface area contributed by atoms with E-state index < -0.39 is 97.5 Å². The van der Waals surface area contributed by atoms with E-state index >= 15 is 0 Å². The van der Waals surface area contributed by atoms with Gasteiger partial charge in [0.05, 0.1) is 0 Å². The minimum Gasteiger partial charge on any atom is -0.201 e. The highest BCUT2D eigenvalue weighted by atomic mass is 14.9. The lowest BCUT2D eigenvalue weighted by Gasteiger charge is -2.13. The largest absolute Gasteiger partial charge is 0.213 e. The molecule has 550 valence electrons. The number of hydrogen-bond acceptors (Lipinski definition) is 0. The van der Waals surface area contributed by atoms with Crippen LogP contribution in [0.15, 0.2) is 225 Å². The molecule has 0 saturated heterocycles. The first-order valence-corrected chi connectivity index (χ1v) is 35.4. The van der Waals surface area contributed by atoms with Gasteiger partial charge in [-0.1, -0.05) is 210 Å². The average molecular weight is 1440 g/mol. The molecular formula is C101H126N5+5. The number of hydrogen-bond donors (Lipinski definition) is 0. The molecule has 5 heterocycles. The lowest BCUT2D eigenvalue weighted by molar-refractivity contribution is -0.660. The van der Waals surface area contributed by atoms with E-state index in [0.717, 1.165) is 25.8 Å². The van der Waals surface area contributed by atoms with Crippen LogP contribution in [0, 0.1) is 68.0 Å². The molecule has 0 bridgehead atoms. The zero-order valence-electron chi connectivity index (χ0n) is 98.5. The zero-order valence-corrected chi connectivity index (χ0v) is 64.5. The monoisotopic (exact) mass is 1440 g/mol. The second-order valence-corrected chi connectivity index (χ2v) is 27.3. The summed E-state index contributed by atoms with van der Waals surface area (Å²) in [6.45, 7) is -3.96. The Morgan fingerprint density at radius 1 is 0.330 bits per heavy atom. The number of nitrogens with zero attached hydrogens (tertiary/aromatic N) is 5. The molecule has 0 radical (unpaired) electrons. The van der Waals surface area contributed by atoms with Crippen molar-refractivity contribution in [3.8, 4) is 78.5 Å². The summed E-state index contributed by atoms with van der Waals surface area (Å²) in [6.07, 6.45) is 6.71. The van der Waals surface area contributed by atoms with Crippen LogP contribution in [0.4, 0.5) is 0 Å². The first-order valence-electron chi connectivity index (χ1n) is 52.4. The Kier molecular flexibility index (Phi) is 16.4. The summed E-state index contributed by atoms with van der Waals surface area (Å²) in [7, 11) is 9.06. The highest BCUT2D eigenvalue weighted by Gasteiger charge is 2.23. The van der Waals surface area contributed by atoms with E-state index in [2.05, 4.69) is 185 Å². The maximum atomic E-state index is 8.52. The third-order valence-electron chi connectivity index (χ3n) is 18.7. The molecule has 5 unspecified atom stereocenters. The van der Waals surface area contributed by atoms with Gasteiger partial charge in [0.25, 0.3) is 0 Å². The van der Waals surface area contributed by atoms with E-state index in [4.69, 9.17) is 46.6 Å². The summed E-state index contributed by atoms with van der Waals surface area (Å²) in [5, 5.41) is 0. The van der Waals surface area contributed by atoms with Crippen molar-refractivity contribution in [1.29, 1.82) is 0 Å². The molecule has 12 rings (SSSR count). The van der Waals surface area contributed by atoms with Crippen molar-refractivity contribution in [2.45, 2.75) is 188 Å². The second kappa shape index (κ2) is 37.5. The predicted molar refractivity (Wildman–Crippen MR) is 452 cm³/mol. The van der Waals surface area contributed by atoms with Gasteiger partial charge in [-0.2, -0.15) is 0 Å². The summed E-state index contributed by atoms with van der Waals surface area (Å²) < 4.78 is 276. The van der Waals surface area contributed by atoms with Crippen LogP contribution in [-0.4, -0.2) is 0 Å². The molecular weight excluding hydrogens is 1280 g/mol. The topological polar surface area (TPSA) is 19.4 Å². The Morgan fingerprint density at radius 3 is 1.05 bits per heavy atom. The van der Waals surface area contributed by atoms with E-state index in [0.29, 0.717) is 56.0 Å². The van der Waals surface area contributed by atoms with Crippen LogP contribution in [0.3, 0.4) is 0 Å². The summed E-state index contributed by atoms with van der Waals surface area (Å²) in [6, 6.07) is 61.8. The van der Waals surface area contributed by atoms with Crippen molar-refractivity contribution in [2.24, 2.45) is 41.1 Å². The van der Waals surface area contributed by atoms with Crippen LogP contribution in [0.5, 0.6) is 0 Å². The van der Waals surface area contributed by atoms with E-state index in [9.17, 15) is 0 Å². The first-order chi connectivity index (χ1) is 63.7.